The maximum atomic E-state index is 11.8. The first-order valence-electron chi connectivity index (χ1n) is 10.2. The lowest BCUT2D eigenvalue weighted by Gasteiger charge is -2.42. The fourth-order valence-electron chi connectivity index (χ4n) is 2.93. The Bertz CT molecular complexity index is 531. The zero-order valence-corrected chi connectivity index (χ0v) is 19.6. The number of allylic oxidation sites excluding steroid dienone is 1. The monoisotopic (exact) mass is 396 g/mol. The quantitative estimate of drug-likeness (QED) is 0.351. The van der Waals surface area contributed by atoms with Gasteiger partial charge in [-0.25, -0.2) is 0 Å². The molecule has 0 saturated heterocycles. The van der Waals surface area contributed by atoms with Crippen LogP contribution in [-0.2, 0) is 18.7 Å². The van der Waals surface area contributed by atoms with Gasteiger partial charge in [-0.05, 0) is 49.9 Å². The molecular weight excluding hydrogens is 356 g/mol. The number of ether oxygens (including phenoxy) is 2. The third-order valence-corrected chi connectivity index (χ3v) is 10.2. The maximum absolute atomic E-state index is 11.8. The predicted molar refractivity (Wildman–Crippen MR) is 114 cm³/mol. The van der Waals surface area contributed by atoms with Crippen molar-refractivity contribution in [2.45, 2.75) is 90.6 Å². The Hall–Kier alpha value is -0.913. The molecule has 27 heavy (non-hydrogen) atoms. The molecule has 3 atom stereocenters. The minimum atomic E-state index is -1.96. The molecule has 0 radical (unpaired) electrons. The van der Waals surface area contributed by atoms with Gasteiger partial charge in [0.1, 0.15) is 12.7 Å². The van der Waals surface area contributed by atoms with E-state index in [0.29, 0.717) is 13.0 Å². The summed E-state index contributed by atoms with van der Waals surface area (Å²) in [6.45, 7) is 15.8. The molecule has 156 valence electrons. The summed E-state index contributed by atoms with van der Waals surface area (Å²) in [6.07, 6.45) is 9.55. The van der Waals surface area contributed by atoms with E-state index >= 15 is 0 Å². The van der Waals surface area contributed by atoms with Crippen LogP contribution in [0, 0.1) is 5.92 Å². The van der Waals surface area contributed by atoms with E-state index in [1.165, 1.54) is 0 Å². The standard InChI is InChI=1S/C22H40O4Si/c1-17-15-18(2)21(26-27(7,8)22(3,4)5)19(24-6)13-11-9-10-12-14-20(23)25-16-17/h11,13,15,18-19,21H,9-10,12,14,16H2,1-8H3/b13-11+,17-15-/t18?,19-,21-/m0/s1. The molecule has 1 rings (SSSR count). The first kappa shape index (κ1) is 24.1. The van der Waals surface area contributed by atoms with Crippen LogP contribution in [0.2, 0.25) is 18.1 Å². The Morgan fingerprint density at radius 3 is 2.48 bits per heavy atom. The van der Waals surface area contributed by atoms with Crippen molar-refractivity contribution in [3.8, 4) is 0 Å². The Kier molecular flexibility index (Phi) is 9.46. The summed E-state index contributed by atoms with van der Waals surface area (Å²) in [4.78, 5) is 11.8. The largest absolute Gasteiger partial charge is 0.461 e. The van der Waals surface area contributed by atoms with E-state index in [2.05, 4.69) is 59.0 Å². The highest BCUT2D eigenvalue weighted by molar-refractivity contribution is 6.74. The summed E-state index contributed by atoms with van der Waals surface area (Å²) in [5.74, 6) is 0.0376. The first-order chi connectivity index (χ1) is 12.5. The fraction of sp³-hybridized carbons (Fsp3) is 0.773. The van der Waals surface area contributed by atoms with Crippen LogP contribution in [-0.4, -0.2) is 40.2 Å². The molecular formula is C22H40O4Si. The van der Waals surface area contributed by atoms with Crippen LogP contribution in [0.1, 0.15) is 60.3 Å². The van der Waals surface area contributed by atoms with Crippen molar-refractivity contribution in [3.05, 3.63) is 23.8 Å². The zero-order chi connectivity index (χ0) is 20.7. The van der Waals surface area contributed by atoms with Gasteiger partial charge in [-0.3, -0.25) is 4.79 Å². The highest BCUT2D eigenvalue weighted by Gasteiger charge is 2.41. The summed E-state index contributed by atoms with van der Waals surface area (Å²) in [7, 11) is -0.207. The molecule has 1 aliphatic heterocycles. The number of methoxy groups -OCH3 is 1. The molecule has 4 nitrogen and oxygen atoms in total. The van der Waals surface area contributed by atoms with E-state index in [-0.39, 0.29) is 29.1 Å². The average Bonchev–Trinajstić information content (AvgIpc) is 2.56. The van der Waals surface area contributed by atoms with Gasteiger partial charge in [0.15, 0.2) is 8.32 Å². The highest BCUT2D eigenvalue weighted by atomic mass is 28.4. The molecule has 0 aromatic heterocycles. The second kappa shape index (κ2) is 10.6. The molecule has 0 N–H and O–H groups in total. The topological polar surface area (TPSA) is 44.8 Å². The van der Waals surface area contributed by atoms with E-state index in [1.807, 2.05) is 6.92 Å². The number of hydrogen-bond acceptors (Lipinski definition) is 4. The molecule has 1 unspecified atom stereocenters. The Balaban J connectivity index is 3.15. The van der Waals surface area contributed by atoms with E-state index < -0.39 is 8.32 Å². The smallest absolute Gasteiger partial charge is 0.306 e. The summed E-state index contributed by atoms with van der Waals surface area (Å²) in [5.41, 5.74) is 1.05. The number of carbonyl (C=O) groups is 1. The molecule has 0 aromatic rings. The lowest BCUT2D eigenvalue weighted by Crippen LogP contribution is -2.49. The van der Waals surface area contributed by atoms with E-state index in [0.717, 1.165) is 24.8 Å². The first-order valence-corrected chi connectivity index (χ1v) is 13.1. The molecule has 0 amide bonds. The summed E-state index contributed by atoms with van der Waals surface area (Å²) in [6, 6.07) is 0. The normalized spacial score (nSPS) is 30.0. The van der Waals surface area contributed by atoms with Gasteiger partial charge in [0.2, 0.25) is 0 Å². The third-order valence-electron chi connectivity index (χ3n) is 5.69. The van der Waals surface area contributed by atoms with Crippen LogP contribution in [0.4, 0.5) is 0 Å². The molecule has 0 spiro atoms. The fourth-order valence-corrected chi connectivity index (χ4v) is 4.32. The molecule has 1 heterocycles. The Morgan fingerprint density at radius 1 is 1.22 bits per heavy atom. The van der Waals surface area contributed by atoms with Crippen LogP contribution >= 0.6 is 0 Å². The maximum Gasteiger partial charge on any atom is 0.306 e. The van der Waals surface area contributed by atoms with Crippen LogP contribution in [0.3, 0.4) is 0 Å². The summed E-state index contributed by atoms with van der Waals surface area (Å²) < 4.78 is 18.0. The molecule has 0 fully saturated rings. The van der Waals surface area contributed by atoms with Crippen LogP contribution in [0.5, 0.6) is 0 Å². The number of cyclic esters (lactones) is 1. The number of esters is 1. The molecule has 5 heteroatoms. The van der Waals surface area contributed by atoms with Crippen molar-refractivity contribution >= 4 is 14.3 Å². The van der Waals surface area contributed by atoms with Gasteiger partial charge in [0.25, 0.3) is 0 Å². The molecule has 0 bridgehead atoms. The third kappa shape index (κ3) is 7.92. The second-order valence-corrected chi connectivity index (χ2v) is 14.0. The van der Waals surface area contributed by atoms with Crippen molar-refractivity contribution in [1.82, 2.24) is 0 Å². The van der Waals surface area contributed by atoms with Gasteiger partial charge in [-0.2, -0.15) is 0 Å². The van der Waals surface area contributed by atoms with Gasteiger partial charge in [-0.1, -0.05) is 45.9 Å². The van der Waals surface area contributed by atoms with Crippen molar-refractivity contribution in [1.29, 1.82) is 0 Å². The van der Waals surface area contributed by atoms with Crippen molar-refractivity contribution in [2.24, 2.45) is 5.92 Å². The highest BCUT2D eigenvalue weighted by Crippen LogP contribution is 2.39. The molecule has 0 aromatic carbocycles. The van der Waals surface area contributed by atoms with Gasteiger partial charge in [0.05, 0.1) is 6.10 Å². The molecule has 1 aliphatic rings. The van der Waals surface area contributed by atoms with Crippen molar-refractivity contribution in [2.75, 3.05) is 13.7 Å². The van der Waals surface area contributed by atoms with Crippen molar-refractivity contribution < 1.29 is 18.7 Å². The number of carbonyl (C=O) groups excluding carboxylic acids is 1. The lowest BCUT2D eigenvalue weighted by molar-refractivity contribution is -0.142. The molecule has 0 aliphatic carbocycles. The van der Waals surface area contributed by atoms with E-state index in [4.69, 9.17) is 13.9 Å². The SMILES string of the molecule is CO[C@H]1/C=C/CCCCC(=O)OC/C(C)=C\C(C)[C@@H]1O[Si](C)(C)C(C)(C)C. The number of hydrogen-bond donors (Lipinski definition) is 0. The van der Waals surface area contributed by atoms with Gasteiger partial charge < -0.3 is 13.9 Å². The van der Waals surface area contributed by atoms with Crippen molar-refractivity contribution in [3.63, 3.8) is 0 Å². The summed E-state index contributed by atoms with van der Waals surface area (Å²) in [5, 5.41) is 0.127. The predicted octanol–water partition coefficient (Wildman–Crippen LogP) is 5.65. The Labute approximate surface area is 167 Å². The second-order valence-electron chi connectivity index (χ2n) is 9.25. The van der Waals surface area contributed by atoms with Crippen LogP contribution in [0.15, 0.2) is 23.8 Å². The number of rotatable bonds is 3. The van der Waals surface area contributed by atoms with Gasteiger partial charge in [0, 0.05) is 19.4 Å². The van der Waals surface area contributed by atoms with Gasteiger partial charge in [-0.15, -0.1) is 0 Å². The zero-order valence-electron chi connectivity index (χ0n) is 18.6. The van der Waals surface area contributed by atoms with Gasteiger partial charge >= 0.3 is 5.97 Å². The van der Waals surface area contributed by atoms with Crippen LogP contribution < -0.4 is 0 Å². The summed E-state index contributed by atoms with van der Waals surface area (Å²) >= 11 is 0. The van der Waals surface area contributed by atoms with Crippen LogP contribution in [0.25, 0.3) is 0 Å². The Morgan fingerprint density at radius 2 is 1.89 bits per heavy atom. The molecule has 0 saturated carbocycles. The van der Waals surface area contributed by atoms with E-state index in [1.54, 1.807) is 7.11 Å². The minimum Gasteiger partial charge on any atom is -0.461 e. The lowest BCUT2D eigenvalue weighted by atomic mass is 9.96. The minimum absolute atomic E-state index is 0.0688. The average molecular weight is 397 g/mol. The van der Waals surface area contributed by atoms with E-state index in [9.17, 15) is 4.79 Å².